The summed E-state index contributed by atoms with van der Waals surface area (Å²) in [7, 11) is 1.98. The summed E-state index contributed by atoms with van der Waals surface area (Å²) >= 11 is 0. The van der Waals surface area contributed by atoms with Gasteiger partial charge in [0.25, 0.3) is 5.91 Å². The predicted octanol–water partition coefficient (Wildman–Crippen LogP) is 2.93. The van der Waals surface area contributed by atoms with E-state index < -0.39 is 0 Å². The summed E-state index contributed by atoms with van der Waals surface area (Å²) in [5, 5.41) is 8.21. The molecule has 0 spiro atoms. The van der Waals surface area contributed by atoms with Crippen molar-refractivity contribution in [1.82, 2.24) is 24.2 Å². The summed E-state index contributed by atoms with van der Waals surface area (Å²) in [5.41, 5.74) is 2.83. The fraction of sp³-hybridized carbons (Fsp3) is 0.350. The van der Waals surface area contributed by atoms with Crippen molar-refractivity contribution < 1.29 is 4.79 Å². The third-order valence-corrected chi connectivity index (χ3v) is 5.22. The van der Waals surface area contributed by atoms with E-state index in [1.807, 2.05) is 70.7 Å². The molecule has 1 fully saturated rings. The van der Waals surface area contributed by atoms with Gasteiger partial charge in [-0.25, -0.2) is 0 Å². The quantitative estimate of drug-likeness (QED) is 0.730. The zero-order valence-electron chi connectivity index (χ0n) is 15.2. The Labute approximate surface area is 153 Å². The molecular weight excluding hydrogens is 326 g/mol. The molecule has 3 aromatic rings. The van der Waals surface area contributed by atoms with Gasteiger partial charge in [-0.1, -0.05) is 12.1 Å². The van der Waals surface area contributed by atoms with Crippen molar-refractivity contribution in [3.8, 4) is 5.69 Å². The fourth-order valence-electron chi connectivity index (χ4n) is 3.83. The maximum Gasteiger partial charge on any atom is 0.255 e. The fourth-order valence-corrected chi connectivity index (χ4v) is 3.83. The summed E-state index contributed by atoms with van der Waals surface area (Å²) < 4.78 is 4.00. The zero-order valence-corrected chi connectivity index (χ0v) is 15.2. The number of nitrogens with zero attached hydrogens (tertiary/aromatic N) is 5. The summed E-state index contributed by atoms with van der Waals surface area (Å²) in [6, 6.07) is 9.90. The number of amides is 1. The molecule has 0 atom stereocenters. The Morgan fingerprint density at radius 3 is 2.50 bits per heavy atom. The van der Waals surface area contributed by atoms with Crippen LogP contribution in [0.2, 0.25) is 0 Å². The molecule has 0 unspecified atom stereocenters. The van der Waals surface area contributed by atoms with Gasteiger partial charge in [0.05, 0.1) is 11.3 Å². The molecule has 26 heavy (non-hydrogen) atoms. The number of benzene rings is 1. The number of aryl methyl sites for hydroxylation is 2. The number of para-hydroxylation sites is 1. The van der Waals surface area contributed by atoms with Crippen LogP contribution in [0.15, 0.2) is 49.1 Å². The van der Waals surface area contributed by atoms with Crippen LogP contribution in [0.5, 0.6) is 0 Å². The Bertz CT molecular complexity index is 904. The van der Waals surface area contributed by atoms with E-state index in [9.17, 15) is 4.79 Å². The second-order valence-electron chi connectivity index (χ2n) is 6.93. The van der Waals surface area contributed by atoms with Crippen LogP contribution in [0.3, 0.4) is 0 Å². The smallest absolute Gasteiger partial charge is 0.255 e. The van der Waals surface area contributed by atoms with Crippen LogP contribution in [0.1, 0.15) is 40.5 Å². The van der Waals surface area contributed by atoms with Crippen LogP contribution >= 0.6 is 0 Å². The molecule has 0 saturated carbocycles. The average Bonchev–Trinajstić information content (AvgIpc) is 3.33. The molecule has 0 bridgehead atoms. The molecule has 1 amide bonds. The predicted molar refractivity (Wildman–Crippen MR) is 99.4 cm³/mol. The topological polar surface area (TPSA) is 56.0 Å². The number of likely N-dealkylation sites (tertiary alicyclic amines) is 1. The molecule has 1 aliphatic rings. The van der Waals surface area contributed by atoms with Gasteiger partial charge in [0, 0.05) is 38.4 Å². The van der Waals surface area contributed by atoms with Gasteiger partial charge in [-0.3, -0.25) is 4.79 Å². The van der Waals surface area contributed by atoms with Crippen molar-refractivity contribution in [2.45, 2.75) is 25.7 Å². The minimum atomic E-state index is 0.105. The number of carbonyl (C=O) groups is 1. The highest BCUT2D eigenvalue weighted by atomic mass is 16.2. The van der Waals surface area contributed by atoms with Crippen LogP contribution in [0.4, 0.5) is 0 Å². The third kappa shape index (κ3) is 2.92. The number of rotatable bonds is 3. The van der Waals surface area contributed by atoms with Crippen LogP contribution in [-0.2, 0) is 7.05 Å². The highest BCUT2D eigenvalue weighted by molar-refractivity contribution is 5.98. The largest absolute Gasteiger partial charge is 0.339 e. The van der Waals surface area contributed by atoms with E-state index in [1.165, 1.54) is 0 Å². The van der Waals surface area contributed by atoms with Crippen molar-refractivity contribution in [2.24, 2.45) is 7.05 Å². The lowest BCUT2D eigenvalue weighted by Gasteiger charge is -2.32. The van der Waals surface area contributed by atoms with E-state index in [0.717, 1.165) is 48.6 Å². The standard InChI is InChI=1S/C20H23N5O/c1-15-6-5-7-17(18(15)24-10-3-4-11-24)20(26)25-12-8-16(9-13-25)19-22-21-14-23(19)2/h3-7,10-11,14,16H,8-9,12-13H2,1-2H3. The Morgan fingerprint density at radius 1 is 1.12 bits per heavy atom. The minimum absolute atomic E-state index is 0.105. The van der Waals surface area contributed by atoms with Gasteiger partial charge < -0.3 is 14.0 Å². The molecule has 0 N–H and O–H groups in total. The number of piperidine rings is 1. The molecule has 6 heteroatoms. The second kappa shape index (κ2) is 6.78. The molecule has 6 nitrogen and oxygen atoms in total. The van der Waals surface area contributed by atoms with Gasteiger partial charge in [-0.2, -0.15) is 0 Å². The van der Waals surface area contributed by atoms with Crippen molar-refractivity contribution in [2.75, 3.05) is 13.1 Å². The van der Waals surface area contributed by atoms with Gasteiger partial charge in [0.2, 0.25) is 0 Å². The van der Waals surface area contributed by atoms with Crippen molar-refractivity contribution in [3.63, 3.8) is 0 Å². The summed E-state index contributed by atoms with van der Waals surface area (Å²) in [5.74, 6) is 1.49. The summed E-state index contributed by atoms with van der Waals surface area (Å²) in [6.45, 7) is 3.54. The maximum absolute atomic E-state index is 13.2. The first-order valence-electron chi connectivity index (χ1n) is 9.01. The third-order valence-electron chi connectivity index (χ3n) is 5.22. The average molecular weight is 349 g/mol. The summed E-state index contributed by atoms with van der Waals surface area (Å²) in [4.78, 5) is 15.2. The van der Waals surface area contributed by atoms with E-state index in [1.54, 1.807) is 6.33 Å². The lowest BCUT2D eigenvalue weighted by atomic mass is 9.95. The lowest BCUT2D eigenvalue weighted by Crippen LogP contribution is -2.38. The number of hydrogen-bond donors (Lipinski definition) is 0. The Hall–Kier alpha value is -2.89. The maximum atomic E-state index is 13.2. The molecule has 0 aliphatic carbocycles. The lowest BCUT2D eigenvalue weighted by molar-refractivity contribution is 0.0710. The molecular formula is C20H23N5O. The first kappa shape index (κ1) is 16.6. The monoisotopic (exact) mass is 349 g/mol. The first-order chi connectivity index (χ1) is 12.6. The van der Waals surface area contributed by atoms with Crippen molar-refractivity contribution >= 4 is 5.91 Å². The van der Waals surface area contributed by atoms with E-state index >= 15 is 0 Å². The van der Waals surface area contributed by atoms with Crippen LogP contribution in [-0.4, -0.2) is 43.2 Å². The van der Waals surface area contributed by atoms with E-state index in [0.29, 0.717) is 5.92 Å². The highest BCUT2D eigenvalue weighted by Gasteiger charge is 2.28. The van der Waals surface area contributed by atoms with Gasteiger partial charge in [0.15, 0.2) is 0 Å². The minimum Gasteiger partial charge on any atom is -0.339 e. The summed E-state index contributed by atoms with van der Waals surface area (Å²) in [6.07, 6.45) is 7.55. The van der Waals surface area contributed by atoms with E-state index in [4.69, 9.17) is 0 Å². The van der Waals surface area contributed by atoms with Crippen molar-refractivity contribution in [3.05, 3.63) is 66.0 Å². The van der Waals surface area contributed by atoms with Gasteiger partial charge in [0.1, 0.15) is 12.2 Å². The van der Waals surface area contributed by atoms with E-state index in [2.05, 4.69) is 10.2 Å². The number of carbonyl (C=O) groups excluding carboxylic acids is 1. The molecule has 1 saturated heterocycles. The van der Waals surface area contributed by atoms with Crippen LogP contribution in [0.25, 0.3) is 5.69 Å². The van der Waals surface area contributed by atoms with Gasteiger partial charge in [-0.05, 0) is 43.5 Å². The molecule has 3 heterocycles. The zero-order chi connectivity index (χ0) is 18.1. The highest BCUT2D eigenvalue weighted by Crippen LogP contribution is 2.28. The molecule has 1 aliphatic heterocycles. The molecule has 1 aromatic carbocycles. The Kier molecular flexibility index (Phi) is 4.32. The number of hydrogen-bond acceptors (Lipinski definition) is 3. The second-order valence-corrected chi connectivity index (χ2v) is 6.93. The Morgan fingerprint density at radius 2 is 1.85 bits per heavy atom. The van der Waals surface area contributed by atoms with Crippen LogP contribution in [0, 0.1) is 6.92 Å². The Balaban J connectivity index is 1.55. The first-order valence-corrected chi connectivity index (χ1v) is 9.01. The van der Waals surface area contributed by atoms with Gasteiger partial charge >= 0.3 is 0 Å². The van der Waals surface area contributed by atoms with E-state index in [-0.39, 0.29) is 5.91 Å². The SMILES string of the molecule is Cc1cccc(C(=O)N2CCC(c3nncn3C)CC2)c1-n1cccc1. The normalized spacial score (nSPS) is 15.4. The molecule has 0 radical (unpaired) electrons. The van der Waals surface area contributed by atoms with Crippen molar-refractivity contribution in [1.29, 1.82) is 0 Å². The molecule has 4 rings (SSSR count). The molecule has 2 aromatic heterocycles. The van der Waals surface area contributed by atoms with Crippen LogP contribution < -0.4 is 0 Å². The molecule has 134 valence electrons. The van der Waals surface area contributed by atoms with Gasteiger partial charge in [-0.15, -0.1) is 10.2 Å². The number of aromatic nitrogens is 4.